The normalized spacial score (nSPS) is 8.50. The molecule has 0 atom stereocenters. The van der Waals surface area contributed by atoms with Crippen LogP contribution in [0.1, 0.15) is 0 Å². The van der Waals surface area contributed by atoms with Crippen LogP contribution in [0.25, 0.3) is 0 Å². The molecule has 0 fully saturated rings. The number of hydrogen-bond acceptors (Lipinski definition) is 4. The number of nitrogens with two attached hydrogens (primary N) is 4. The van der Waals surface area contributed by atoms with E-state index in [0.29, 0.717) is 10.1 Å². The van der Waals surface area contributed by atoms with Gasteiger partial charge in [-0.3, -0.25) is 22.3 Å². The molecule has 1 aromatic rings. The largest absolute Gasteiger partial charge is 1.00 e. The molecule has 6 nitrogen and oxygen atoms in total. The Balaban J connectivity index is 0. The molecule has 0 bridgehead atoms. The minimum atomic E-state index is 0. The second-order valence-corrected chi connectivity index (χ2v) is 4.30. The Bertz CT molecular complexity index is 339. The first kappa shape index (κ1) is 17.7. The summed E-state index contributed by atoms with van der Waals surface area (Å²) in [5.74, 6) is 0. The SMILES string of the molecule is NC(=[NH2+])Sc1nccnc1SC(N)=[NH2+].[Cl-].[Cl-]. The monoisotopic (exact) mass is 300 g/mol. The number of halogens is 2. The molecule has 1 heterocycles. The summed E-state index contributed by atoms with van der Waals surface area (Å²) in [5, 5.41) is 12.2. The Morgan fingerprint density at radius 1 is 0.938 bits per heavy atom. The van der Waals surface area contributed by atoms with Crippen LogP contribution in [0.5, 0.6) is 0 Å². The molecular formula is C6H10Cl2N6S2. The highest BCUT2D eigenvalue weighted by Gasteiger charge is 2.13. The second-order valence-electron chi connectivity index (χ2n) is 2.18. The van der Waals surface area contributed by atoms with Crippen molar-refractivity contribution in [3.63, 3.8) is 0 Å². The maximum Gasteiger partial charge on any atom is 0.306 e. The summed E-state index contributed by atoms with van der Waals surface area (Å²) >= 11 is 2.24. The number of amidine groups is 2. The van der Waals surface area contributed by atoms with Gasteiger partial charge < -0.3 is 24.8 Å². The predicted octanol–water partition coefficient (Wildman–Crippen LogP) is -9.18. The van der Waals surface area contributed by atoms with Crippen LogP contribution in [0.4, 0.5) is 0 Å². The van der Waals surface area contributed by atoms with Gasteiger partial charge in [-0.05, 0) is 0 Å². The fourth-order valence-electron chi connectivity index (χ4n) is 0.676. The molecule has 0 radical (unpaired) electrons. The maximum absolute atomic E-state index is 5.34. The zero-order chi connectivity index (χ0) is 10.6. The number of hydrogen-bond donors (Lipinski definition) is 4. The van der Waals surface area contributed by atoms with Crippen LogP contribution < -0.4 is 47.1 Å². The van der Waals surface area contributed by atoms with E-state index in [-0.39, 0.29) is 35.1 Å². The van der Waals surface area contributed by atoms with Crippen molar-refractivity contribution in [1.29, 1.82) is 0 Å². The Hall–Kier alpha value is -0.700. The third-order valence-electron chi connectivity index (χ3n) is 1.06. The second kappa shape index (κ2) is 8.45. The quantitative estimate of drug-likeness (QED) is 0.244. The van der Waals surface area contributed by atoms with Gasteiger partial charge in [0.25, 0.3) is 0 Å². The molecule has 90 valence electrons. The van der Waals surface area contributed by atoms with Crippen LogP contribution in [0.2, 0.25) is 0 Å². The van der Waals surface area contributed by atoms with E-state index >= 15 is 0 Å². The molecule has 0 spiro atoms. The molecular weight excluding hydrogens is 291 g/mol. The molecule has 16 heavy (non-hydrogen) atoms. The van der Waals surface area contributed by atoms with E-state index in [4.69, 9.17) is 22.3 Å². The first-order valence-electron chi connectivity index (χ1n) is 3.52. The average molecular weight is 301 g/mol. The third-order valence-corrected chi connectivity index (χ3v) is 2.65. The topological polar surface area (TPSA) is 129 Å². The highest BCUT2D eigenvalue weighted by molar-refractivity contribution is 8.16. The van der Waals surface area contributed by atoms with Crippen molar-refractivity contribution in [2.75, 3.05) is 0 Å². The van der Waals surface area contributed by atoms with Gasteiger partial charge in [-0.1, -0.05) is 0 Å². The van der Waals surface area contributed by atoms with Gasteiger partial charge in [-0.15, -0.1) is 0 Å². The lowest BCUT2D eigenvalue weighted by atomic mass is 10.8. The van der Waals surface area contributed by atoms with Crippen molar-refractivity contribution in [2.24, 2.45) is 11.5 Å². The molecule has 0 aromatic carbocycles. The lowest BCUT2D eigenvalue weighted by molar-refractivity contribution is -0.110. The van der Waals surface area contributed by atoms with Gasteiger partial charge in [0.1, 0.15) is 10.1 Å². The highest BCUT2D eigenvalue weighted by atomic mass is 35.5. The summed E-state index contributed by atoms with van der Waals surface area (Å²) < 4.78 is 0. The molecule has 0 aliphatic carbocycles. The van der Waals surface area contributed by atoms with Crippen molar-refractivity contribution in [2.45, 2.75) is 10.1 Å². The molecule has 0 unspecified atom stereocenters. The van der Waals surface area contributed by atoms with Crippen molar-refractivity contribution >= 4 is 33.9 Å². The van der Waals surface area contributed by atoms with Gasteiger partial charge in [-0.25, -0.2) is 9.97 Å². The fourth-order valence-corrected chi connectivity index (χ4v) is 1.88. The molecule has 0 saturated carbocycles. The molecule has 0 aliphatic rings. The molecule has 0 aliphatic heterocycles. The Morgan fingerprint density at radius 2 is 1.25 bits per heavy atom. The van der Waals surface area contributed by atoms with E-state index in [1.54, 1.807) is 12.4 Å². The van der Waals surface area contributed by atoms with Gasteiger partial charge in [0.05, 0.1) is 0 Å². The minimum Gasteiger partial charge on any atom is -1.00 e. The van der Waals surface area contributed by atoms with Crippen LogP contribution in [-0.4, -0.2) is 20.3 Å². The zero-order valence-electron chi connectivity index (χ0n) is 7.93. The first-order valence-corrected chi connectivity index (χ1v) is 5.15. The molecule has 1 rings (SSSR count). The smallest absolute Gasteiger partial charge is 0.306 e. The van der Waals surface area contributed by atoms with Crippen molar-refractivity contribution in [3.05, 3.63) is 12.4 Å². The van der Waals surface area contributed by atoms with E-state index in [1.807, 2.05) is 0 Å². The van der Waals surface area contributed by atoms with Gasteiger partial charge in [0, 0.05) is 35.9 Å². The summed E-state index contributed by atoms with van der Waals surface area (Å²) in [6, 6.07) is 0. The van der Waals surface area contributed by atoms with Crippen molar-refractivity contribution in [3.8, 4) is 0 Å². The average Bonchev–Trinajstić information content (AvgIpc) is 2.06. The fraction of sp³-hybridized carbons (Fsp3) is 0. The van der Waals surface area contributed by atoms with Crippen LogP contribution in [-0.2, 0) is 0 Å². The van der Waals surface area contributed by atoms with Crippen LogP contribution in [0.3, 0.4) is 0 Å². The van der Waals surface area contributed by atoms with Gasteiger partial charge in [0.2, 0.25) is 0 Å². The minimum absolute atomic E-state index is 0. The van der Waals surface area contributed by atoms with E-state index in [2.05, 4.69) is 9.97 Å². The predicted molar refractivity (Wildman–Crippen MR) is 56.0 cm³/mol. The van der Waals surface area contributed by atoms with E-state index < -0.39 is 0 Å². The molecule has 8 N–H and O–H groups in total. The molecule has 0 amide bonds. The van der Waals surface area contributed by atoms with Crippen molar-refractivity contribution < 1.29 is 35.6 Å². The summed E-state index contributed by atoms with van der Waals surface area (Å²) in [6.07, 6.45) is 3.09. The number of thioether (sulfide) groups is 2. The van der Waals surface area contributed by atoms with Gasteiger partial charge in [-0.2, -0.15) is 0 Å². The summed E-state index contributed by atoms with van der Waals surface area (Å²) in [6.45, 7) is 0. The molecule has 10 heteroatoms. The van der Waals surface area contributed by atoms with Crippen LogP contribution in [0, 0.1) is 0 Å². The van der Waals surface area contributed by atoms with E-state index in [1.165, 1.54) is 0 Å². The first-order chi connectivity index (χ1) is 6.59. The lowest BCUT2D eigenvalue weighted by Crippen LogP contribution is -3.00. The third kappa shape index (κ3) is 6.01. The number of nitrogens with zero attached hydrogens (tertiary/aromatic N) is 2. The van der Waals surface area contributed by atoms with Crippen LogP contribution >= 0.6 is 23.5 Å². The maximum atomic E-state index is 5.34. The Kier molecular flexibility index (Phi) is 9.34. The van der Waals surface area contributed by atoms with Crippen LogP contribution in [0.15, 0.2) is 22.4 Å². The zero-order valence-corrected chi connectivity index (χ0v) is 11.1. The Morgan fingerprint density at radius 3 is 1.50 bits per heavy atom. The summed E-state index contributed by atoms with van der Waals surface area (Å²) in [4.78, 5) is 8.09. The van der Waals surface area contributed by atoms with Crippen molar-refractivity contribution in [1.82, 2.24) is 9.97 Å². The molecule has 1 aromatic heterocycles. The van der Waals surface area contributed by atoms with E-state index in [9.17, 15) is 0 Å². The summed E-state index contributed by atoms with van der Waals surface area (Å²) in [5.41, 5.74) is 10.7. The lowest BCUT2D eigenvalue weighted by Gasteiger charge is -1.99. The standard InChI is InChI=1S/C6H8N6S2.2ClH/c7-5(8)13-3-4(14-6(9)10)12-2-1-11-3;;/h1-2H,(H3,7,8)(H3,9,10);2*1H. The van der Waals surface area contributed by atoms with Gasteiger partial charge >= 0.3 is 10.3 Å². The number of aromatic nitrogens is 2. The van der Waals surface area contributed by atoms with E-state index in [0.717, 1.165) is 23.5 Å². The Labute approximate surface area is 113 Å². The van der Waals surface area contributed by atoms with Gasteiger partial charge in [0.15, 0.2) is 0 Å². The number of rotatable bonds is 2. The summed E-state index contributed by atoms with van der Waals surface area (Å²) in [7, 11) is 0. The highest BCUT2D eigenvalue weighted by Crippen LogP contribution is 2.24. The molecule has 0 saturated heterocycles.